The number of rotatable bonds is 7. The Hall–Kier alpha value is -3.23. The molecule has 1 N–H and O–H groups in total. The summed E-state index contributed by atoms with van der Waals surface area (Å²) in [5.74, 6) is -0.170. The van der Waals surface area contributed by atoms with Crippen LogP contribution in [0.2, 0.25) is 0 Å². The molecule has 0 atom stereocenters. The van der Waals surface area contributed by atoms with E-state index in [1.54, 1.807) is 22.8 Å². The van der Waals surface area contributed by atoms with Gasteiger partial charge >= 0.3 is 12.6 Å². The first kappa shape index (κ1) is 27.0. The van der Waals surface area contributed by atoms with E-state index in [0.29, 0.717) is 31.6 Å². The third kappa shape index (κ3) is 6.88. The fourth-order valence-corrected chi connectivity index (χ4v) is 3.89. The summed E-state index contributed by atoms with van der Waals surface area (Å²) in [6.07, 6.45) is 2.02. The van der Waals surface area contributed by atoms with Gasteiger partial charge in [0, 0.05) is 30.5 Å². The Labute approximate surface area is 200 Å². The second-order valence-corrected chi connectivity index (χ2v) is 8.07. The van der Waals surface area contributed by atoms with Gasteiger partial charge in [-0.2, -0.15) is 8.78 Å². The number of nitrogens with zero attached hydrogens (tertiary/aromatic N) is 3. The van der Waals surface area contributed by atoms with Crippen molar-refractivity contribution in [3.05, 3.63) is 47.7 Å². The molecule has 1 aromatic heterocycles. The normalized spacial score (nSPS) is 13.9. The van der Waals surface area contributed by atoms with E-state index in [4.69, 9.17) is 0 Å². The lowest BCUT2D eigenvalue weighted by atomic mass is 9.97. The van der Waals surface area contributed by atoms with Gasteiger partial charge in [-0.15, -0.1) is 0 Å². The monoisotopic (exact) mass is 476 g/mol. The van der Waals surface area contributed by atoms with E-state index in [1.165, 1.54) is 6.07 Å². The first-order valence-electron chi connectivity index (χ1n) is 11.6. The number of nitrogens with one attached hydrogen (secondary N) is 1. The van der Waals surface area contributed by atoms with E-state index in [0.717, 1.165) is 17.7 Å². The summed E-state index contributed by atoms with van der Waals surface area (Å²) in [6.45, 7) is 7.74. The molecule has 2 heterocycles. The smallest absolute Gasteiger partial charge is 0.388 e. The van der Waals surface area contributed by atoms with Crippen LogP contribution in [0.4, 0.5) is 25.0 Å². The molecule has 1 aliphatic rings. The number of hydrogen-bond donors (Lipinski definition) is 1. The Balaban J connectivity index is 0.00000199. The van der Waals surface area contributed by atoms with Crippen LogP contribution in [-0.2, 0) is 4.79 Å². The highest BCUT2D eigenvalue weighted by molar-refractivity contribution is 6.03. The number of hydrogen-bond acceptors (Lipinski definition) is 4. The average Bonchev–Trinajstić information content (AvgIpc) is 2.82. The third-order valence-corrected chi connectivity index (χ3v) is 5.49. The first-order valence-corrected chi connectivity index (χ1v) is 11.6. The molecule has 2 aromatic rings. The van der Waals surface area contributed by atoms with Gasteiger partial charge in [0.1, 0.15) is 5.69 Å². The lowest BCUT2D eigenvalue weighted by molar-refractivity contribution is -0.119. The number of likely N-dealkylation sites (tertiary alicyclic amines) is 1. The Morgan fingerprint density at radius 1 is 1.18 bits per heavy atom. The number of pyridine rings is 1. The Morgan fingerprint density at radius 3 is 2.41 bits per heavy atom. The van der Waals surface area contributed by atoms with Crippen molar-refractivity contribution in [2.45, 2.75) is 66.0 Å². The number of urea groups is 1. The zero-order valence-electron chi connectivity index (χ0n) is 20.4. The maximum absolute atomic E-state index is 13.5. The standard InChI is InChI=1S/C23H28F2N4O3.C2H6/c1-15(2)18-6-4-5-7-20(18)29(17-10-12-28(14-30)13-11-17)23(31)27-19-9-8-16(3)26-21(19)32-22(24)25;1-2/h4-9,14-15,17,22H,10-13H2,1-3H3,(H,27,31);1-2H3. The van der Waals surface area contributed by atoms with Crippen LogP contribution in [0.15, 0.2) is 36.4 Å². The number of alkyl halides is 2. The largest absolute Gasteiger partial charge is 0.415 e. The van der Waals surface area contributed by atoms with Crippen LogP contribution in [0, 0.1) is 6.92 Å². The second-order valence-electron chi connectivity index (χ2n) is 8.07. The van der Waals surface area contributed by atoms with Gasteiger partial charge in [0.05, 0.1) is 0 Å². The van der Waals surface area contributed by atoms with Crippen LogP contribution < -0.4 is 15.0 Å². The minimum Gasteiger partial charge on any atom is -0.415 e. The fourth-order valence-electron chi connectivity index (χ4n) is 3.89. The number of amides is 3. The van der Waals surface area contributed by atoms with Crippen LogP contribution in [0.25, 0.3) is 0 Å². The van der Waals surface area contributed by atoms with Crippen molar-refractivity contribution >= 4 is 23.8 Å². The van der Waals surface area contributed by atoms with Gasteiger partial charge in [-0.25, -0.2) is 9.78 Å². The van der Waals surface area contributed by atoms with Crippen molar-refractivity contribution in [2.75, 3.05) is 23.3 Å². The van der Waals surface area contributed by atoms with Crippen LogP contribution in [0.1, 0.15) is 57.7 Å². The van der Waals surface area contributed by atoms with E-state index >= 15 is 0 Å². The highest BCUT2D eigenvalue weighted by atomic mass is 19.3. The second kappa shape index (κ2) is 12.9. The molecule has 7 nitrogen and oxygen atoms in total. The molecule has 1 aliphatic heterocycles. The number of ether oxygens (including phenoxy) is 1. The summed E-state index contributed by atoms with van der Waals surface area (Å²) < 4.78 is 30.3. The number of piperidine rings is 1. The van der Waals surface area contributed by atoms with E-state index in [2.05, 4.69) is 15.0 Å². The number of carbonyl (C=O) groups excluding carboxylic acids is 2. The molecule has 0 spiro atoms. The maximum atomic E-state index is 13.5. The van der Waals surface area contributed by atoms with Gasteiger partial charge in [-0.1, -0.05) is 45.9 Å². The van der Waals surface area contributed by atoms with Crippen molar-refractivity contribution in [2.24, 2.45) is 0 Å². The summed E-state index contributed by atoms with van der Waals surface area (Å²) in [4.78, 5) is 32.0. The summed E-state index contributed by atoms with van der Waals surface area (Å²) in [7, 11) is 0. The maximum Gasteiger partial charge on any atom is 0.388 e. The summed E-state index contributed by atoms with van der Waals surface area (Å²) in [6, 6.07) is 10.1. The van der Waals surface area contributed by atoms with E-state index in [1.807, 2.05) is 52.0 Å². The number of anilines is 2. The molecule has 3 rings (SSSR count). The predicted molar refractivity (Wildman–Crippen MR) is 130 cm³/mol. The van der Waals surface area contributed by atoms with Gasteiger partial charge < -0.3 is 15.0 Å². The number of para-hydroxylation sites is 1. The molecular weight excluding hydrogens is 442 g/mol. The number of carbonyl (C=O) groups is 2. The van der Waals surface area contributed by atoms with Gasteiger partial charge in [0.25, 0.3) is 0 Å². The number of halogens is 2. The van der Waals surface area contributed by atoms with Gasteiger partial charge in [-0.05, 0) is 49.4 Å². The van der Waals surface area contributed by atoms with Crippen molar-refractivity contribution in [1.82, 2.24) is 9.88 Å². The number of aromatic nitrogens is 1. The quantitative estimate of drug-likeness (QED) is 0.513. The molecule has 0 aliphatic carbocycles. The van der Waals surface area contributed by atoms with Crippen molar-refractivity contribution in [3.63, 3.8) is 0 Å². The summed E-state index contributed by atoms with van der Waals surface area (Å²) in [5, 5.41) is 2.71. The molecule has 0 unspecified atom stereocenters. The van der Waals surface area contributed by atoms with E-state index < -0.39 is 12.6 Å². The molecule has 9 heteroatoms. The minimum absolute atomic E-state index is 0.0678. The summed E-state index contributed by atoms with van der Waals surface area (Å²) in [5.41, 5.74) is 2.30. The third-order valence-electron chi connectivity index (χ3n) is 5.49. The summed E-state index contributed by atoms with van der Waals surface area (Å²) >= 11 is 0. The minimum atomic E-state index is -3.06. The number of benzene rings is 1. The fraction of sp³-hybridized carbons (Fsp3) is 0.480. The SMILES string of the molecule is CC.Cc1ccc(NC(=O)N(c2ccccc2C(C)C)C2CCN(C=O)CC2)c(OC(F)F)n1. The zero-order chi connectivity index (χ0) is 25.3. The highest BCUT2D eigenvalue weighted by Crippen LogP contribution is 2.33. The number of aryl methyl sites for hydroxylation is 1. The lowest BCUT2D eigenvalue weighted by Crippen LogP contribution is -2.49. The van der Waals surface area contributed by atoms with Crippen LogP contribution in [0.5, 0.6) is 5.88 Å². The topological polar surface area (TPSA) is 74.8 Å². The average molecular weight is 477 g/mol. The Morgan fingerprint density at radius 2 is 1.82 bits per heavy atom. The van der Waals surface area contributed by atoms with Crippen molar-refractivity contribution in [3.8, 4) is 5.88 Å². The first-order chi connectivity index (χ1) is 16.3. The van der Waals surface area contributed by atoms with Gasteiger partial charge in [-0.3, -0.25) is 9.69 Å². The van der Waals surface area contributed by atoms with E-state index in [-0.39, 0.29) is 23.5 Å². The molecule has 186 valence electrons. The molecule has 0 saturated carbocycles. The van der Waals surface area contributed by atoms with Crippen LogP contribution in [-0.4, -0.2) is 48.1 Å². The van der Waals surface area contributed by atoms with Crippen molar-refractivity contribution in [1.29, 1.82) is 0 Å². The molecule has 34 heavy (non-hydrogen) atoms. The van der Waals surface area contributed by atoms with Crippen LogP contribution >= 0.6 is 0 Å². The molecule has 1 saturated heterocycles. The van der Waals surface area contributed by atoms with Gasteiger partial charge in [0.15, 0.2) is 0 Å². The van der Waals surface area contributed by atoms with Gasteiger partial charge in [0.2, 0.25) is 12.3 Å². The molecule has 1 aromatic carbocycles. The lowest BCUT2D eigenvalue weighted by Gasteiger charge is -2.38. The molecule has 0 bridgehead atoms. The van der Waals surface area contributed by atoms with Crippen molar-refractivity contribution < 1.29 is 23.1 Å². The molecule has 0 radical (unpaired) electrons. The van der Waals surface area contributed by atoms with E-state index in [9.17, 15) is 18.4 Å². The molecule has 3 amide bonds. The predicted octanol–water partition coefficient (Wildman–Crippen LogP) is 5.80. The molecule has 1 fully saturated rings. The highest BCUT2D eigenvalue weighted by Gasteiger charge is 2.31. The Kier molecular flexibility index (Phi) is 10.2. The molecular formula is C25H34F2N4O3. The zero-order valence-corrected chi connectivity index (χ0v) is 20.4. The Bertz CT molecular complexity index is 948. The van der Waals surface area contributed by atoms with Crippen LogP contribution in [0.3, 0.4) is 0 Å².